The number of benzene rings is 1. The fourth-order valence-corrected chi connectivity index (χ4v) is 3.43. The lowest BCUT2D eigenvalue weighted by Gasteiger charge is -2.41. The number of ether oxygens (including phenoxy) is 2. The van der Waals surface area contributed by atoms with Crippen LogP contribution in [0.4, 0.5) is 0 Å². The maximum atomic E-state index is 11.4. The van der Waals surface area contributed by atoms with Crippen LogP contribution in [-0.4, -0.2) is 52.6 Å². The summed E-state index contributed by atoms with van der Waals surface area (Å²) in [4.78, 5) is 14.9. The first kappa shape index (κ1) is 17.6. The standard InChI is InChI=1S/C14H17N3O5S/c1-8(19)21-13-11(16-17-15)12(20)10(7-18)22-14(13)23-9-5-3-2-4-6-9/h2-6,10-14,18,20H,7H2,1H3/t10?,11?,12-,13-,14-/m0/s1. The second-order valence-electron chi connectivity index (χ2n) is 4.92. The first-order chi connectivity index (χ1) is 11.1. The van der Waals surface area contributed by atoms with Crippen LogP contribution in [0.25, 0.3) is 10.4 Å². The molecular formula is C14H17N3O5S. The number of azide groups is 1. The fourth-order valence-electron chi connectivity index (χ4n) is 2.30. The normalized spacial score (nSPS) is 30.3. The van der Waals surface area contributed by atoms with Crippen molar-refractivity contribution in [1.29, 1.82) is 0 Å². The molecule has 124 valence electrons. The Labute approximate surface area is 137 Å². The summed E-state index contributed by atoms with van der Waals surface area (Å²) in [5.74, 6) is -0.579. The van der Waals surface area contributed by atoms with E-state index < -0.39 is 42.4 Å². The van der Waals surface area contributed by atoms with Crippen molar-refractivity contribution in [3.63, 3.8) is 0 Å². The molecule has 0 bridgehead atoms. The van der Waals surface area contributed by atoms with E-state index in [9.17, 15) is 15.0 Å². The van der Waals surface area contributed by atoms with Crippen molar-refractivity contribution in [2.75, 3.05) is 6.61 Å². The Morgan fingerprint density at radius 3 is 2.74 bits per heavy atom. The highest BCUT2D eigenvalue weighted by Gasteiger charge is 2.47. The summed E-state index contributed by atoms with van der Waals surface area (Å²) in [7, 11) is 0. The molecule has 0 aliphatic carbocycles. The molecule has 1 heterocycles. The molecule has 1 aromatic rings. The van der Waals surface area contributed by atoms with Crippen molar-refractivity contribution in [1.82, 2.24) is 0 Å². The minimum absolute atomic E-state index is 0.447. The summed E-state index contributed by atoms with van der Waals surface area (Å²) in [6.07, 6.45) is -3.17. The van der Waals surface area contributed by atoms with Crippen LogP contribution in [-0.2, 0) is 14.3 Å². The molecule has 1 aliphatic heterocycles. The molecule has 1 fully saturated rings. The number of carbonyl (C=O) groups is 1. The van der Waals surface area contributed by atoms with Gasteiger partial charge in [-0.05, 0) is 17.7 Å². The number of hydrogen-bond donors (Lipinski definition) is 2. The minimum Gasteiger partial charge on any atom is -0.458 e. The topological polar surface area (TPSA) is 125 Å². The van der Waals surface area contributed by atoms with Gasteiger partial charge in [-0.3, -0.25) is 4.79 Å². The molecule has 0 saturated carbocycles. The van der Waals surface area contributed by atoms with Crippen LogP contribution < -0.4 is 0 Å². The molecule has 0 spiro atoms. The van der Waals surface area contributed by atoms with Crippen LogP contribution in [0, 0.1) is 0 Å². The van der Waals surface area contributed by atoms with E-state index in [1.165, 1.54) is 18.7 Å². The molecule has 2 N–H and O–H groups in total. The molecule has 0 aromatic heterocycles. The number of nitrogens with zero attached hydrogens (tertiary/aromatic N) is 3. The summed E-state index contributed by atoms with van der Waals surface area (Å²) in [5.41, 5.74) is 8.00. The maximum absolute atomic E-state index is 11.4. The average molecular weight is 339 g/mol. The van der Waals surface area contributed by atoms with E-state index in [4.69, 9.17) is 15.0 Å². The monoisotopic (exact) mass is 339 g/mol. The molecule has 0 amide bonds. The molecule has 1 saturated heterocycles. The van der Waals surface area contributed by atoms with E-state index in [-0.39, 0.29) is 0 Å². The Balaban J connectivity index is 2.30. The second kappa shape index (κ2) is 8.19. The van der Waals surface area contributed by atoms with Gasteiger partial charge in [0.2, 0.25) is 0 Å². The average Bonchev–Trinajstić information content (AvgIpc) is 2.54. The van der Waals surface area contributed by atoms with Gasteiger partial charge in [0, 0.05) is 16.7 Å². The molecule has 23 heavy (non-hydrogen) atoms. The molecule has 0 radical (unpaired) electrons. The number of aliphatic hydroxyl groups is 2. The number of rotatable bonds is 5. The van der Waals surface area contributed by atoms with Crippen molar-refractivity contribution in [2.45, 2.75) is 41.6 Å². The Bertz CT molecular complexity index is 581. The third kappa shape index (κ3) is 4.37. The molecule has 9 heteroatoms. The van der Waals surface area contributed by atoms with Crippen LogP contribution in [0.2, 0.25) is 0 Å². The first-order valence-corrected chi connectivity index (χ1v) is 7.82. The van der Waals surface area contributed by atoms with Crippen LogP contribution in [0.1, 0.15) is 6.92 Å². The highest BCUT2D eigenvalue weighted by Crippen LogP contribution is 2.36. The third-order valence-electron chi connectivity index (χ3n) is 3.31. The summed E-state index contributed by atoms with van der Waals surface area (Å²) < 4.78 is 10.9. The summed E-state index contributed by atoms with van der Waals surface area (Å²) in [6, 6.07) is 8.19. The first-order valence-electron chi connectivity index (χ1n) is 6.94. The minimum atomic E-state index is -1.27. The SMILES string of the molecule is CC(=O)O[C@H]1C(N=[N+]=[N-])[C@@H](O)C(CO)O[C@H]1Sc1ccccc1. The van der Waals surface area contributed by atoms with Gasteiger partial charge in [0.05, 0.1) is 12.7 Å². The van der Waals surface area contributed by atoms with Gasteiger partial charge in [-0.15, -0.1) is 0 Å². The molecule has 5 atom stereocenters. The highest BCUT2D eigenvalue weighted by atomic mass is 32.2. The zero-order valence-electron chi connectivity index (χ0n) is 12.3. The van der Waals surface area contributed by atoms with E-state index in [0.717, 1.165) is 4.90 Å². The van der Waals surface area contributed by atoms with Gasteiger partial charge in [0.1, 0.15) is 23.7 Å². The van der Waals surface area contributed by atoms with Gasteiger partial charge < -0.3 is 19.7 Å². The second-order valence-corrected chi connectivity index (χ2v) is 6.09. The van der Waals surface area contributed by atoms with E-state index in [2.05, 4.69) is 10.0 Å². The highest BCUT2D eigenvalue weighted by molar-refractivity contribution is 7.99. The molecule has 1 aliphatic rings. The predicted molar refractivity (Wildman–Crippen MR) is 82.5 cm³/mol. The molecule has 2 unspecified atom stereocenters. The lowest BCUT2D eigenvalue weighted by Crippen LogP contribution is -2.57. The third-order valence-corrected chi connectivity index (χ3v) is 4.46. The molecular weight excluding hydrogens is 322 g/mol. The summed E-state index contributed by atoms with van der Waals surface area (Å²) >= 11 is 1.26. The van der Waals surface area contributed by atoms with Gasteiger partial charge in [0.25, 0.3) is 0 Å². The fraction of sp³-hybridized carbons (Fsp3) is 0.500. The van der Waals surface area contributed by atoms with Gasteiger partial charge >= 0.3 is 5.97 Å². The molecule has 8 nitrogen and oxygen atoms in total. The van der Waals surface area contributed by atoms with Crippen molar-refractivity contribution in [3.8, 4) is 0 Å². The van der Waals surface area contributed by atoms with Gasteiger partial charge in [-0.1, -0.05) is 35.1 Å². The van der Waals surface area contributed by atoms with E-state index >= 15 is 0 Å². The number of aliphatic hydroxyl groups excluding tert-OH is 2. The Hall–Kier alpha value is -1.77. The van der Waals surface area contributed by atoms with Gasteiger partial charge in [-0.2, -0.15) is 0 Å². The van der Waals surface area contributed by atoms with Crippen LogP contribution in [0.5, 0.6) is 0 Å². The lowest BCUT2D eigenvalue weighted by molar-refractivity contribution is -0.184. The van der Waals surface area contributed by atoms with Crippen molar-refractivity contribution in [3.05, 3.63) is 40.8 Å². The van der Waals surface area contributed by atoms with E-state index in [1.807, 2.05) is 30.3 Å². The van der Waals surface area contributed by atoms with Crippen LogP contribution in [0.15, 0.2) is 40.3 Å². The quantitative estimate of drug-likeness (QED) is 0.362. The smallest absolute Gasteiger partial charge is 0.303 e. The maximum Gasteiger partial charge on any atom is 0.303 e. The molecule has 2 rings (SSSR count). The Morgan fingerprint density at radius 2 is 2.17 bits per heavy atom. The van der Waals surface area contributed by atoms with Crippen LogP contribution >= 0.6 is 11.8 Å². The van der Waals surface area contributed by atoms with Gasteiger partial charge in [0.15, 0.2) is 0 Å². The predicted octanol–water partition coefficient (Wildman–Crippen LogP) is 1.47. The number of thioether (sulfide) groups is 1. The van der Waals surface area contributed by atoms with Crippen molar-refractivity contribution >= 4 is 17.7 Å². The zero-order chi connectivity index (χ0) is 16.8. The lowest BCUT2D eigenvalue weighted by atomic mass is 9.98. The van der Waals surface area contributed by atoms with E-state index in [1.54, 1.807) is 0 Å². The Kier molecular flexibility index (Phi) is 6.26. The number of carbonyl (C=O) groups excluding carboxylic acids is 1. The summed E-state index contributed by atoms with van der Waals surface area (Å²) in [6.45, 7) is 0.777. The molecule has 1 aromatic carbocycles. The van der Waals surface area contributed by atoms with Crippen molar-refractivity contribution in [2.24, 2.45) is 5.11 Å². The van der Waals surface area contributed by atoms with Gasteiger partial charge in [-0.25, -0.2) is 0 Å². The van der Waals surface area contributed by atoms with E-state index in [0.29, 0.717) is 0 Å². The largest absolute Gasteiger partial charge is 0.458 e. The number of esters is 1. The van der Waals surface area contributed by atoms with Crippen molar-refractivity contribution < 1.29 is 24.5 Å². The zero-order valence-corrected chi connectivity index (χ0v) is 13.2. The Morgan fingerprint density at radius 1 is 1.48 bits per heavy atom. The number of hydrogen-bond acceptors (Lipinski definition) is 7. The summed E-state index contributed by atoms with van der Waals surface area (Å²) in [5, 5.41) is 23.1. The van der Waals surface area contributed by atoms with Crippen LogP contribution in [0.3, 0.4) is 0 Å².